The van der Waals surface area contributed by atoms with Crippen molar-refractivity contribution in [3.8, 4) is 22.7 Å². The van der Waals surface area contributed by atoms with Crippen LogP contribution in [0.4, 0.5) is 10.1 Å². The van der Waals surface area contributed by atoms with Crippen molar-refractivity contribution in [1.82, 2.24) is 9.55 Å². The fraction of sp³-hybridized carbons (Fsp3) is 0.286. The van der Waals surface area contributed by atoms with Gasteiger partial charge in [0, 0.05) is 17.3 Å². The van der Waals surface area contributed by atoms with Crippen LogP contribution in [0.25, 0.3) is 22.7 Å². The van der Waals surface area contributed by atoms with Gasteiger partial charge in [0.05, 0.1) is 12.0 Å². The van der Waals surface area contributed by atoms with Crippen molar-refractivity contribution in [3.05, 3.63) is 83.6 Å². The molecule has 0 saturated heterocycles. The van der Waals surface area contributed by atoms with E-state index in [0.29, 0.717) is 11.8 Å². The molecule has 2 heterocycles. The Morgan fingerprint density at radius 3 is 2.56 bits per heavy atom. The van der Waals surface area contributed by atoms with E-state index in [0.717, 1.165) is 46.6 Å². The molecule has 5 rings (SSSR count). The molecule has 0 bridgehead atoms. The Labute approximate surface area is 198 Å². The molecule has 2 aromatic heterocycles. The molecule has 34 heavy (non-hydrogen) atoms. The summed E-state index contributed by atoms with van der Waals surface area (Å²) < 4.78 is 21.8. The van der Waals surface area contributed by atoms with Gasteiger partial charge in [0.25, 0.3) is 5.91 Å². The number of rotatable bonds is 5. The van der Waals surface area contributed by atoms with Gasteiger partial charge in [0.1, 0.15) is 11.5 Å². The third kappa shape index (κ3) is 4.28. The van der Waals surface area contributed by atoms with Gasteiger partial charge < -0.3 is 14.3 Å². The fourth-order valence-corrected chi connectivity index (χ4v) is 4.72. The smallest absolute Gasteiger partial charge is 0.291 e. The van der Waals surface area contributed by atoms with Gasteiger partial charge in [0.15, 0.2) is 11.5 Å². The molecule has 0 radical (unpaired) electrons. The summed E-state index contributed by atoms with van der Waals surface area (Å²) >= 11 is 0. The van der Waals surface area contributed by atoms with E-state index in [1.54, 1.807) is 18.2 Å². The molecule has 0 unspecified atom stereocenters. The standard InChI is InChI=1S/C28H28FN3O2/c1-18-7-6-10-23(19(18)2)31-28(33)25-16-15-24(34-25)27-26(20-11-13-21(29)14-12-20)30-17-32(27)22-8-4-3-5-9-22/h6-7,10-17,22H,3-5,8-9H2,1-2H3,(H,31,33). The zero-order chi connectivity index (χ0) is 23.7. The third-order valence-electron chi connectivity index (χ3n) is 6.80. The van der Waals surface area contributed by atoms with E-state index in [9.17, 15) is 9.18 Å². The third-order valence-corrected chi connectivity index (χ3v) is 6.80. The van der Waals surface area contributed by atoms with Gasteiger partial charge >= 0.3 is 0 Å². The molecule has 4 aromatic rings. The maximum atomic E-state index is 13.6. The second kappa shape index (κ2) is 9.29. The summed E-state index contributed by atoms with van der Waals surface area (Å²) in [6, 6.07) is 16.0. The lowest BCUT2D eigenvalue weighted by Gasteiger charge is -2.24. The van der Waals surface area contributed by atoms with Crippen LogP contribution in [0.1, 0.15) is 59.8 Å². The number of imidazole rings is 1. The number of aryl methyl sites for hydroxylation is 1. The Kier molecular flexibility index (Phi) is 6.05. The lowest BCUT2D eigenvalue weighted by atomic mass is 9.95. The van der Waals surface area contributed by atoms with Crippen LogP contribution in [0.15, 0.2) is 65.3 Å². The maximum absolute atomic E-state index is 13.6. The Hall–Kier alpha value is -3.67. The number of furan rings is 1. The molecule has 1 N–H and O–H groups in total. The summed E-state index contributed by atoms with van der Waals surface area (Å²) in [5.41, 5.74) is 5.26. The molecule has 0 aliphatic heterocycles. The van der Waals surface area contributed by atoms with Crippen LogP contribution in [0.3, 0.4) is 0 Å². The SMILES string of the molecule is Cc1cccc(NC(=O)c2ccc(-c3c(-c4ccc(F)cc4)ncn3C3CCCCC3)o2)c1C. The minimum Gasteiger partial charge on any atom is -0.449 e. The van der Waals surface area contributed by atoms with E-state index in [4.69, 9.17) is 9.40 Å². The summed E-state index contributed by atoms with van der Waals surface area (Å²) in [7, 11) is 0. The Morgan fingerprint density at radius 2 is 1.79 bits per heavy atom. The zero-order valence-corrected chi connectivity index (χ0v) is 19.5. The van der Waals surface area contributed by atoms with Crippen molar-refractivity contribution >= 4 is 11.6 Å². The van der Waals surface area contributed by atoms with Crippen LogP contribution in [0, 0.1) is 19.7 Å². The Bertz CT molecular complexity index is 1310. The van der Waals surface area contributed by atoms with E-state index in [-0.39, 0.29) is 17.5 Å². The van der Waals surface area contributed by atoms with Crippen LogP contribution < -0.4 is 5.32 Å². The van der Waals surface area contributed by atoms with Gasteiger partial charge in [-0.2, -0.15) is 0 Å². The maximum Gasteiger partial charge on any atom is 0.291 e. The van der Waals surface area contributed by atoms with Crippen molar-refractivity contribution in [2.45, 2.75) is 52.0 Å². The Balaban J connectivity index is 1.51. The largest absolute Gasteiger partial charge is 0.449 e. The summed E-state index contributed by atoms with van der Waals surface area (Å²) in [6.07, 6.45) is 7.60. The van der Waals surface area contributed by atoms with E-state index in [1.165, 1.54) is 31.4 Å². The first-order valence-corrected chi connectivity index (χ1v) is 11.8. The molecule has 174 valence electrons. The number of nitrogens with zero attached hydrogens (tertiary/aromatic N) is 2. The highest BCUT2D eigenvalue weighted by Gasteiger charge is 2.25. The summed E-state index contributed by atoms with van der Waals surface area (Å²) in [5.74, 6) is 0.221. The number of benzene rings is 2. The molecule has 6 heteroatoms. The van der Waals surface area contributed by atoms with Crippen molar-refractivity contribution in [3.63, 3.8) is 0 Å². The molecule has 5 nitrogen and oxygen atoms in total. The number of carbonyl (C=O) groups is 1. The zero-order valence-electron chi connectivity index (χ0n) is 19.5. The van der Waals surface area contributed by atoms with E-state index >= 15 is 0 Å². The van der Waals surface area contributed by atoms with Crippen LogP contribution in [-0.4, -0.2) is 15.5 Å². The average Bonchev–Trinajstić information content (AvgIpc) is 3.51. The normalized spacial score (nSPS) is 14.3. The van der Waals surface area contributed by atoms with Gasteiger partial charge in [-0.05, 0) is 80.3 Å². The van der Waals surface area contributed by atoms with Crippen molar-refractivity contribution < 1.29 is 13.6 Å². The second-order valence-corrected chi connectivity index (χ2v) is 9.01. The summed E-state index contributed by atoms with van der Waals surface area (Å²) in [4.78, 5) is 17.7. The average molecular weight is 458 g/mol. The lowest BCUT2D eigenvalue weighted by Crippen LogP contribution is -2.13. The van der Waals surface area contributed by atoms with Crippen molar-refractivity contribution in [2.24, 2.45) is 0 Å². The predicted molar refractivity (Wildman–Crippen MR) is 131 cm³/mol. The molecular weight excluding hydrogens is 429 g/mol. The summed E-state index contributed by atoms with van der Waals surface area (Å²) in [5, 5.41) is 2.96. The minimum atomic E-state index is -0.299. The van der Waals surface area contributed by atoms with E-state index in [1.807, 2.05) is 44.4 Å². The van der Waals surface area contributed by atoms with Crippen LogP contribution >= 0.6 is 0 Å². The lowest BCUT2D eigenvalue weighted by molar-refractivity contribution is 0.0997. The quantitative estimate of drug-likeness (QED) is 0.341. The number of hydrogen-bond acceptors (Lipinski definition) is 3. The van der Waals surface area contributed by atoms with Crippen molar-refractivity contribution in [2.75, 3.05) is 5.32 Å². The van der Waals surface area contributed by atoms with E-state index in [2.05, 4.69) is 9.88 Å². The first-order chi connectivity index (χ1) is 16.5. The second-order valence-electron chi connectivity index (χ2n) is 9.01. The number of anilines is 1. The number of carbonyl (C=O) groups excluding carboxylic acids is 1. The van der Waals surface area contributed by atoms with E-state index < -0.39 is 0 Å². The molecule has 0 atom stereocenters. The Morgan fingerprint density at radius 1 is 1.03 bits per heavy atom. The number of halogens is 1. The van der Waals surface area contributed by atoms with Gasteiger partial charge in [-0.1, -0.05) is 31.4 Å². The highest BCUT2D eigenvalue weighted by atomic mass is 19.1. The molecule has 2 aromatic carbocycles. The van der Waals surface area contributed by atoms with Gasteiger partial charge in [-0.25, -0.2) is 9.37 Å². The monoisotopic (exact) mass is 457 g/mol. The molecule has 1 saturated carbocycles. The van der Waals surface area contributed by atoms with Gasteiger partial charge in [0.2, 0.25) is 0 Å². The molecule has 1 amide bonds. The topological polar surface area (TPSA) is 60.1 Å². The predicted octanol–water partition coefficient (Wildman–Crippen LogP) is 7.32. The fourth-order valence-electron chi connectivity index (χ4n) is 4.72. The van der Waals surface area contributed by atoms with Crippen molar-refractivity contribution in [1.29, 1.82) is 0 Å². The van der Waals surface area contributed by atoms with Gasteiger partial charge in [-0.3, -0.25) is 4.79 Å². The molecule has 1 aliphatic carbocycles. The van der Waals surface area contributed by atoms with Crippen LogP contribution in [0.5, 0.6) is 0 Å². The summed E-state index contributed by atoms with van der Waals surface area (Å²) in [6.45, 7) is 4.00. The first-order valence-electron chi connectivity index (χ1n) is 11.8. The molecular formula is C28H28FN3O2. The number of amides is 1. The number of hydrogen-bond donors (Lipinski definition) is 1. The molecule has 1 aliphatic rings. The first kappa shape index (κ1) is 22.1. The minimum absolute atomic E-state index is 0.234. The highest BCUT2D eigenvalue weighted by Crippen LogP contribution is 2.38. The van der Waals surface area contributed by atoms with Crippen LogP contribution in [-0.2, 0) is 0 Å². The molecule has 0 spiro atoms. The highest BCUT2D eigenvalue weighted by molar-refractivity contribution is 6.03. The molecule has 1 fully saturated rings. The van der Waals surface area contributed by atoms with Crippen LogP contribution in [0.2, 0.25) is 0 Å². The number of nitrogens with one attached hydrogen (secondary N) is 1. The van der Waals surface area contributed by atoms with Gasteiger partial charge in [-0.15, -0.1) is 0 Å². The number of aromatic nitrogens is 2.